The number of halogens is 2. The second-order valence-corrected chi connectivity index (χ2v) is 7.27. The predicted octanol–water partition coefficient (Wildman–Crippen LogP) is 2.07. The highest BCUT2D eigenvalue weighted by Gasteiger charge is 2.42. The van der Waals surface area contributed by atoms with Crippen molar-refractivity contribution >= 4 is 38.3 Å². The minimum atomic E-state index is -2.82. The van der Waals surface area contributed by atoms with Crippen LogP contribution in [0.2, 0.25) is 0 Å². The molecular formula is C16H18F2N4O2S. The summed E-state index contributed by atoms with van der Waals surface area (Å²) in [5.41, 5.74) is 1.45. The molecule has 134 valence electrons. The fraction of sp³-hybridized carbons (Fsp3) is 0.500. The van der Waals surface area contributed by atoms with Crippen molar-refractivity contribution in [2.45, 2.75) is 18.4 Å². The summed E-state index contributed by atoms with van der Waals surface area (Å²) in [4.78, 5) is 18.9. The van der Waals surface area contributed by atoms with Gasteiger partial charge >= 0.3 is 0 Å². The van der Waals surface area contributed by atoms with E-state index in [1.54, 1.807) is 17.4 Å². The molecule has 1 aromatic carbocycles. The van der Waals surface area contributed by atoms with Gasteiger partial charge in [-0.25, -0.2) is 13.8 Å². The summed E-state index contributed by atoms with van der Waals surface area (Å²) >= 11 is 1.55. The molecule has 0 radical (unpaired) electrons. The first-order chi connectivity index (χ1) is 12.0. The van der Waals surface area contributed by atoms with Gasteiger partial charge in [-0.15, -0.1) is 0 Å². The minimum Gasteiger partial charge on any atom is -0.378 e. The summed E-state index contributed by atoms with van der Waals surface area (Å²) in [5.74, 6) is -3.26. The number of thiazole rings is 1. The highest BCUT2D eigenvalue weighted by atomic mass is 32.1. The summed E-state index contributed by atoms with van der Waals surface area (Å²) in [5, 5.41) is 6.20. The number of carbonyl (C=O) groups excluding carboxylic acids is 1. The van der Waals surface area contributed by atoms with Gasteiger partial charge in [0, 0.05) is 25.2 Å². The fourth-order valence-electron chi connectivity index (χ4n) is 3.01. The van der Waals surface area contributed by atoms with Gasteiger partial charge in [-0.3, -0.25) is 10.1 Å². The Morgan fingerprint density at radius 3 is 2.92 bits per heavy atom. The van der Waals surface area contributed by atoms with Crippen LogP contribution < -0.4 is 15.5 Å². The van der Waals surface area contributed by atoms with Gasteiger partial charge in [0.25, 0.3) is 5.92 Å². The van der Waals surface area contributed by atoms with Gasteiger partial charge in [-0.1, -0.05) is 11.3 Å². The summed E-state index contributed by atoms with van der Waals surface area (Å²) in [7, 11) is 0. The quantitative estimate of drug-likeness (QED) is 0.868. The van der Waals surface area contributed by atoms with Crippen LogP contribution in [0.4, 0.5) is 19.6 Å². The lowest BCUT2D eigenvalue weighted by atomic mass is 10.2. The van der Waals surface area contributed by atoms with Gasteiger partial charge in [-0.2, -0.15) is 0 Å². The number of morpholine rings is 1. The number of anilines is 2. The standard InChI is InChI=1S/C16H18F2N4O2S/c17-16(18)8-12(19-9-16)14(23)20-10-1-2-11-13(7-10)25-15(21-11)22-3-5-24-6-4-22/h1-2,7,12,19H,3-6,8-9H2,(H,20,23). The molecule has 0 spiro atoms. The Morgan fingerprint density at radius 1 is 1.40 bits per heavy atom. The molecule has 2 aromatic rings. The second-order valence-electron chi connectivity index (χ2n) is 6.26. The van der Waals surface area contributed by atoms with E-state index in [-0.39, 0.29) is 0 Å². The number of amides is 1. The zero-order valence-electron chi connectivity index (χ0n) is 13.4. The molecule has 25 heavy (non-hydrogen) atoms. The molecule has 0 saturated carbocycles. The number of ether oxygens (including phenoxy) is 1. The molecule has 1 aromatic heterocycles. The first-order valence-corrected chi connectivity index (χ1v) is 8.97. The van der Waals surface area contributed by atoms with Gasteiger partial charge in [0.05, 0.1) is 36.0 Å². The van der Waals surface area contributed by atoms with Crippen molar-refractivity contribution in [1.82, 2.24) is 10.3 Å². The Kier molecular flexibility index (Phi) is 4.30. The first kappa shape index (κ1) is 16.6. The number of fused-ring (bicyclic) bond motifs is 1. The lowest BCUT2D eigenvalue weighted by Gasteiger charge is -2.25. The van der Waals surface area contributed by atoms with Crippen molar-refractivity contribution in [1.29, 1.82) is 0 Å². The van der Waals surface area contributed by atoms with Crippen molar-refractivity contribution in [3.05, 3.63) is 18.2 Å². The number of hydrogen-bond donors (Lipinski definition) is 2. The first-order valence-electron chi connectivity index (χ1n) is 8.16. The Hall–Kier alpha value is -1.84. The van der Waals surface area contributed by atoms with Crippen LogP contribution in [0, 0.1) is 0 Å². The normalized spacial score (nSPS) is 23.1. The molecule has 2 fully saturated rings. The largest absolute Gasteiger partial charge is 0.378 e. The Balaban J connectivity index is 1.48. The molecule has 4 rings (SSSR count). The van der Waals surface area contributed by atoms with Crippen molar-refractivity contribution in [2.75, 3.05) is 43.1 Å². The van der Waals surface area contributed by atoms with E-state index in [1.165, 1.54) is 0 Å². The van der Waals surface area contributed by atoms with E-state index in [0.29, 0.717) is 18.9 Å². The summed E-state index contributed by atoms with van der Waals surface area (Å²) < 4.78 is 32.7. The lowest BCUT2D eigenvalue weighted by Crippen LogP contribution is -2.36. The average molecular weight is 368 g/mol. The highest BCUT2D eigenvalue weighted by molar-refractivity contribution is 7.22. The predicted molar refractivity (Wildman–Crippen MR) is 92.6 cm³/mol. The van der Waals surface area contributed by atoms with E-state index >= 15 is 0 Å². The maximum Gasteiger partial charge on any atom is 0.262 e. The molecule has 2 aliphatic heterocycles. The van der Waals surface area contributed by atoms with Gasteiger partial charge < -0.3 is 15.0 Å². The molecule has 6 nitrogen and oxygen atoms in total. The Bertz CT molecular complexity index is 792. The van der Waals surface area contributed by atoms with Crippen molar-refractivity contribution < 1.29 is 18.3 Å². The van der Waals surface area contributed by atoms with Crippen LogP contribution in [0.15, 0.2) is 18.2 Å². The monoisotopic (exact) mass is 368 g/mol. The van der Waals surface area contributed by atoms with Crippen molar-refractivity contribution in [2.24, 2.45) is 0 Å². The molecule has 1 amide bonds. The number of benzene rings is 1. The molecule has 2 saturated heterocycles. The van der Waals surface area contributed by atoms with Crippen LogP contribution in [0.5, 0.6) is 0 Å². The zero-order chi connectivity index (χ0) is 17.4. The molecule has 1 atom stereocenters. The van der Waals surface area contributed by atoms with Crippen molar-refractivity contribution in [3.63, 3.8) is 0 Å². The van der Waals surface area contributed by atoms with E-state index in [2.05, 4.69) is 20.5 Å². The molecule has 0 bridgehead atoms. The smallest absolute Gasteiger partial charge is 0.262 e. The van der Waals surface area contributed by atoms with Crippen LogP contribution in [0.3, 0.4) is 0 Å². The van der Waals surface area contributed by atoms with Gasteiger partial charge in [0.1, 0.15) is 0 Å². The lowest BCUT2D eigenvalue weighted by molar-refractivity contribution is -0.118. The summed E-state index contributed by atoms with van der Waals surface area (Å²) in [6.07, 6.45) is -0.469. The minimum absolute atomic E-state index is 0.436. The number of nitrogens with zero attached hydrogens (tertiary/aromatic N) is 2. The third kappa shape index (κ3) is 3.58. The van der Waals surface area contributed by atoms with Crippen LogP contribution >= 0.6 is 11.3 Å². The maximum absolute atomic E-state index is 13.2. The van der Waals surface area contributed by atoms with E-state index in [9.17, 15) is 13.6 Å². The summed E-state index contributed by atoms with van der Waals surface area (Å²) in [6, 6.07) is 4.55. The van der Waals surface area contributed by atoms with E-state index < -0.39 is 30.8 Å². The van der Waals surface area contributed by atoms with Gasteiger partial charge in [0.2, 0.25) is 5.91 Å². The van der Waals surface area contributed by atoms with Gasteiger partial charge in [-0.05, 0) is 18.2 Å². The Morgan fingerprint density at radius 2 is 2.20 bits per heavy atom. The SMILES string of the molecule is O=C(Nc1ccc2nc(N3CCOCC3)sc2c1)C1CC(F)(F)CN1. The fourth-order valence-corrected chi connectivity index (χ4v) is 4.07. The number of carbonyl (C=O) groups is 1. The van der Waals surface area contributed by atoms with Gasteiger partial charge in [0.15, 0.2) is 5.13 Å². The third-order valence-electron chi connectivity index (χ3n) is 4.35. The summed E-state index contributed by atoms with van der Waals surface area (Å²) in [6.45, 7) is 2.55. The number of hydrogen-bond acceptors (Lipinski definition) is 6. The van der Waals surface area contributed by atoms with Crippen molar-refractivity contribution in [3.8, 4) is 0 Å². The Labute approximate surface area is 147 Å². The zero-order valence-corrected chi connectivity index (χ0v) is 14.2. The third-order valence-corrected chi connectivity index (χ3v) is 5.43. The average Bonchev–Trinajstić information content (AvgIpc) is 3.18. The molecule has 2 N–H and O–H groups in total. The molecule has 3 heterocycles. The van der Waals surface area contributed by atoms with Crippen LogP contribution in [-0.2, 0) is 9.53 Å². The second kappa shape index (κ2) is 6.47. The van der Waals surface area contributed by atoms with E-state index in [0.717, 1.165) is 28.4 Å². The van der Waals surface area contributed by atoms with Crippen LogP contribution in [0.1, 0.15) is 6.42 Å². The number of nitrogens with one attached hydrogen (secondary N) is 2. The topological polar surface area (TPSA) is 66.5 Å². The number of rotatable bonds is 3. The van der Waals surface area contributed by atoms with E-state index in [4.69, 9.17) is 4.74 Å². The highest BCUT2D eigenvalue weighted by Crippen LogP contribution is 2.31. The molecular weight excluding hydrogens is 350 g/mol. The van der Waals surface area contributed by atoms with Crippen LogP contribution in [0.25, 0.3) is 10.2 Å². The van der Waals surface area contributed by atoms with E-state index in [1.807, 2.05) is 12.1 Å². The molecule has 9 heteroatoms. The molecule has 1 unspecified atom stereocenters. The molecule has 0 aliphatic carbocycles. The molecule has 2 aliphatic rings. The number of alkyl halides is 2. The maximum atomic E-state index is 13.2. The van der Waals surface area contributed by atoms with Crippen LogP contribution in [-0.4, -0.2) is 55.7 Å². The number of aromatic nitrogens is 1.